The van der Waals surface area contributed by atoms with Gasteiger partial charge in [-0.1, -0.05) is 0 Å². The fourth-order valence-electron chi connectivity index (χ4n) is 5.95. The van der Waals surface area contributed by atoms with E-state index < -0.39 is 89.5 Å². The van der Waals surface area contributed by atoms with Gasteiger partial charge >= 0.3 is 27.3 Å². The first-order valence-corrected chi connectivity index (χ1v) is 20.1. The first-order valence-electron chi connectivity index (χ1n) is 16.0. The lowest BCUT2D eigenvalue weighted by molar-refractivity contribution is -0.158. The van der Waals surface area contributed by atoms with Crippen molar-refractivity contribution in [2.24, 2.45) is 5.73 Å². The first-order chi connectivity index (χ1) is 25.1. The van der Waals surface area contributed by atoms with Crippen molar-refractivity contribution in [2.75, 3.05) is 37.1 Å². The number of aliphatic hydroxyl groups is 1. The van der Waals surface area contributed by atoms with Gasteiger partial charge in [-0.2, -0.15) is 4.98 Å². The minimum absolute atomic E-state index is 0.0456. The number of nitrogens with two attached hydrogens (primary N) is 3. The van der Waals surface area contributed by atoms with Gasteiger partial charge in [0.25, 0.3) is 0 Å². The summed E-state index contributed by atoms with van der Waals surface area (Å²) < 4.78 is 59.5. The third-order valence-electron chi connectivity index (χ3n) is 8.54. The Morgan fingerprint density at radius 1 is 1.11 bits per heavy atom. The summed E-state index contributed by atoms with van der Waals surface area (Å²) in [6.45, 7) is -0.852. The number of anilines is 2. The van der Waals surface area contributed by atoms with Crippen molar-refractivity contribution in [2.45, 2.75) is 73.5 Å². The van der Waals surface area contributed by atoms with Gasteiger partial charge in [0.05, 0.1) is 19.5 Å². The Bertz CT molecular complexity index is 1930. The van der Waals surface area contributed by atoms with Crippen LogP contribution in [0.4, 0.5) is 11.6 Å². The number of fused-ring (bicyclic) bond motifs is 1. The fraction of sp³-hybridized carbons (Fsp3) is 0.615. The number of thioether (sulfide) groups is 1. The maximum Gasteiger partial charge on any atom is 0.472 e. The third kappa shape index (κ3) is 9.58. The van der Waals surface area contributed by atoms with Crippen LogP contribution in [0, 0.1) is 0 Å². The van der Waals surface area contributed by atoms with Gasteiger partial charge in [-0.05, 0) is 18.9 Å². The van der Waals surface area contributed by atoms with Gasteiger partial charge in [-0.15, -0.1) is 11.8 Å². The molecule has 0 bridgehead atoms. The highest BCUT2D eigenvalue weighted by Gasteiger charge is 2.50. The molecule has 6 heterocycles. The molecule has 1 unspecified atom stereocenters. The van der Waals surface area contributed by atoms with Crippen molar-refractivity contribution in [3.05, 3.63) is 35.4 Å². The van der Waals surface area contributed by atoms with Crippen LogP contribution in [-0.4, -0.2) is 122 Å². The number of ether oxygens (including phenoxy) is 3. The van der Waals surface area contributed by atoms with E-state index >= 15 is 0 Å². The van der Waals surface area contributed by atoms with Crippen LogP contribution in [0.5, 0.6) is 0 Å². The summed E-state index contributed by atoms with van der Waals surface area (Å²) >= 11 is 1.70. The summed E-state index contributed by atoms with van der Waals surface area (Å²) in [4.78, 5) is 70.6. The van der Waals surface area contributed by atoms with Crippen LogP contribution in [0.25, 0.3) is 11.2 Å². The Morgan fingerprint density at radius 2 is 1.89 bits per heavy atom. The second-order valence-corrected chi connectivity index (χ2v) is 16.1. The second-order valence-electron chi connectivity index (χ2n) is 12.2. The molecule has 10 atom stereocenters. The average Bonchev–Trinajstić information content (AvgIpc) is 3.89. The molecule has 0 spiro atoms. The zero-order valence-electron chi connectivity index (χ0n) is 27.5. The van der Waals surface area contributed by atoms with Crippen molar-refractivity contribution < 1.29 is 61.5 Å². The van der Waals surface area contributed by atoms with Crippen molar-refractivity contribution in [3.63, 3.8) is 0 Å². The molecule has 24 nitrogen and oxygen atoms in total. The van der Waals surface area contributed by atoms with Gasteiger partial charge in [0, 0.05) is 30.3 Å². The van der Waals surface area contributed by atoms with E-state index in [1.807, 2.05) is 0 Å². The number of nitrogen functional groups attached to an aromatic ring is 2. The Balaban J connectivity index is 1.17. The van der Waals surface area contributed by atoms with E-state index in [0.29, 0.717) is 6.42 Å². The van der Waals surface area contributed by atoms with Gasteiger partial charge in [-0.25, -0.2) is 28.9 Å². The number of esters is 1. The minimum Gasteiger partial charge on any atom is -0.455 e. The number of imidazole rings is 1. The number of aliphatic hydroxyl groups excluding tert-OH is 1. The van der Waals surface area contributed by atoms with Crippen LogP contribution in [0.3, 0.4) is 0 Å². The molecule has 53 heavy (non-hydrogen) atoms. The number of phosphoric acid groups is 2. The van der Waals surface area contributed by atoms with E-state index in [1.165, 1.54) is 29.5 Å². The summed E-state index contributed by atoms with van der Waals surface area (Å²) in [5.74, 6) is -0.116. The zero-order valence-corrected chi connectivity index (χ0v) is 30.1. The smallest absolute Gasteiger partial charge is 0.455 e. The molecule has 3 fully saturated rings. The van der Waals surface area contributed by atoms with Crippen molar-refractivity contribution in [3.8, 4) is 0 Å². The molecule has 27 heteroatoms. The number of carbonyl (C=O) groups is 1. The average molecular weight is 809 g/mol. The highest BCUT2D eigenvalue weighted by atomic mass is 32.2. The Kier molecular flexibility index (Phi) is 12.2. The summed E-state index contributed by atoms with van der Waals surface area (Å²) in [5, 5.41) is 14.9. The molecule has 6 rings (SSSR count). The third-order valence-corrected chi connectivity index (χ3v) is 11.3. The highest BCUT2D eigenvalue weighted by Crippen LogP contribution is 2.50. The lowest BCUT2D eigenvalue weighted by Crippen LogP contribution is -2.43. The molecule has 0 aliphatic carbocycles. The molecule has 3 saturated heterocycles. The van der Waals surface area contributed by atoms with Gasteiger partial charge < -0.3 is 56.5 Å². The predicted molar refractivity (Wildman–Crippen MR) is 181 cm³/mol. The topological polar surface area (TPSA) is 356 Å². The minimum atomic E-state index is -5.13. The second kappa shape index (κ2) is 16.3. The van der Waals surface area contributed by atoms with Gasteiger partial charge in [0.1, 0.15) is 54.3 Å². The number of carbonyl (C=O) groups excluding carboxylic acids is 1. The first kappa shape index (κ1) is 39.6. The molecule has 3 aliphatic rings. The summed E-state index contributed by atoms with van der Waals surface area (Å²) in [7, 11) is -10.2. The molecule has 11 N–H and O–H groups in total. The predicted octanol–water partition coefficient (Wildman–Crippen LogP) is -1.91. The van der Waals surface area contributed by atoms with Crippen molar-refractivity contribution >= 4 is 56.2 Å². The number of hydrogen-bond donors (Lipinski definition) is 8. The molecular formula is C26H38N10O14P2S. The molecule has 3 aromatic rings. The van der Waals surface area contributed by atoms with E-state index in [1.54, 1.807) is 11.8 Å². The quantitative estimate of drug-likeness (QED) is 0.0613. The molecular weight excluding hydrogens is 770 g/mol. The van der Waals surface area contributed by atoms with Gasteiger partial charge in [-0.3, -0.25) is 27.5 Å². The molecule has 0 radical (unpaired) electrons. The Morgan fingerprint density at radius 3 is 2.60 bits per heavy atom. The number of phosphoric ester groups is 2. The number of aromatic nitrogens is 6. The van der Waals surface area contributed by atoms with E-state index in [-0.39, 0.29) is 40.9 Å². The Labute approximate surface area is 303 Å². The number of hydrogen-bond acceptors (Lipinski definition) is 20. The largest absolute Gasteiger partial charge is 0.472 e. The number of rotatable bonds is 15. The fourth-order valence-corrected chi connectivity index (χ4v) is 8.26. The van der Waals surface area contributed by atoms with E-state index in [9.17, 15) is 38.5 Å². The molecule has 3 aromatic heterocycles. The summed E-state index contributed by atoms with van der Waals surface area (Å²) in [6.07, 6.45) is -5.55. The number of nitrogens with zero attached hydrogens (tertiary/aromatic N) is 6. The van der Waals surface area contributed by atoms with Crippen LogP contribution >= 0.6 is 27.4 Å². The summed E-state index contributed by atoms with van der Waals surface area (Å²) in [5.41, 5.74) is 17.1. The van der Waals surface area contributed by atoms with Gasteiger partial charge in [0.2, 0.25) is 0 Å². The van der Waals surface area contributed by atoms with Crippen LogP contribution in [-0.2, 0) is 41.7 Å². The molecule has 292 valence electrons. The number of nitrogens with one attached hydrogen (secondary N) is 1. The van der Waals surface area contributed by atoms with E-state index in [2.05, 4.69) is 29.8 Å². The van der Waals surface area contributed by atoms with Crippen molar-refractivity contribution in [1.82, 2.24) is 34.4 Å². The van der Waals surface area contributed by atoms with Crippen LogP contribution in [0.1, 0.15) is 31.7 Å². The molecule has 0 amide bonds. The van der Waals surface area contributed by atoms with E-state index in [4.69, 9.17) is 40.5 Å². The van der Waals surface area contributed by atoms with Crippen molar-refractivity contribution in [1.29, 1.82) is 0 Å². The summed E-state index contributed by atoms with van der Waals surface area (Å²) in [6, 6.07) is 0.226. The molecule has 3 aliphatic heterocycles. The van der Waals surface area contributed by atoms with E-state index in [0.717, 1.165) is 17.0 Å². The van der Waals surface area contributed by atoms with Crippen LogP contribution < -0.4 is 28.2 Å². The maximum absolute atomic E-state index is 13.3. The van der Waals surface area contributed by atoms with Crippen LogP contribution in [0.15, 0.2) is 29.7 Å². The molecule has 0 aromatic carbocycles. The lowest BCUT2D eigenvalue weighted by atomic mass is 10.1. The SMILES string of the molecule is Nc1ccn([C@H]2C[C@H](OP(=O)(O)OC[C@H]3O[C@@H](n4cnc5c(N)ncnc54)[C@H](O)[C@@H]3OC(=O)[C@@H](N)CC[C@H]3CNCS3)[C@@H](COP(=O)(O)O)O2)c(=O)n1. The zero-order chi connectivity index (χ0) is 38.1. The monoisotopic (exact) mass is 808 g/mol. The van der Waals surface area contributed by atoms with Gasteiger partial charge in [0.15, 0.2) is 23.8 Å². The standard InChI is InChI=1S/C26H38N10O14P2S/c27-13(2-1-12-6-30-11-53-12)25(38)49-21-16(48-24(20(21)37)36-10-33-19-22(29)31-9-32-23(19)36)8-46-52(43,44)50-14-5-18(35-4-3-17(28)34-26(35)39)47-15(14)7-45-51(40,41)42/h3-4,9-10,12-16,18,20-21,24,30,37H,1-2,5-8,11,27H2,(H,43,44)(H2,28,34,39)(H2,29,31,32)(H2,40,41,42)/t12-,13-,14-,15+,16+,18+,20+,21+,24+/m0/s1. The highest BCUT2D eigenvalue weighted by molar-refractivity contribution is 8.00. The molecule has 0 saturated carbocycles. The Hall–Kier alpha value is -3.13. The normalized spacial score (nSPS) is 29.4. The lowest BCUT2D eigenvalue weighted by Gasteiger charge is -2.24. The van der Waals surface area contributed by atoms with Crippen LogP contribution in [0.2, 0.25) is 0 Å². The maximum atomic E-state index is 13.3.